The van der Waals surface area contributed by atoms with Crippen molar-refractivity contribution in [2.24, 2.45) is 5.73 Å². The van der Waals surface area contributed by atoms with Gasteiger partial charge in [0.25, 0.3) is 0 Å². The van der Waals surface area contributed by atoms with Crippen molar-refractivity contribution < 1.29 is 4.79 Å². The number of carbonyl (C=O) groups is 1. The predicted octanol–water partition coefficient (Wildman–Crippen LogP) is 2.50. The van der Waals surface area contributed by atoms with Crippen molar-refractivity contribution in [1.29, 1.82) is 0 Å². The SMILES string of the molecule is CC(C)(C)c1ccc(C(N)=O)cc1.Cl. The van der Waals surface area contributed by atoms with Gasteiger partial charge in [-0.25, -0.2) is 0 Å². The number of primary amides is 1. The number of nitrogens with two attached hydrogens (primary N) is 1. The molecule has 0 aliphatic heterocycles. The van der Waals surface area contributed by atoms with Crippen LogP contribution >= 0.6 is 12.4 Å². The van der Waals surface area contributed by atoms with Crippen LogP contribution in [0.5, 0.6) is 0 Å². The van der Waals surface area contributed by atoms with Crippen LogP contribution in [0.2, 0.25) is 0 Å². The minimum absolute atomic E-state index is 0. The molecule has 0 atom stereocenters. The maximum atomic E-state index is 10.8. The fraction of sp³-hybridized carbons (Fsp3) is 0.364. The molecule has 0 aromatic heterocycles. The van der Waals surface area contributed by atoms with E-state index in [1.807, 2.05) is 12.1 Å². The molecule has 78 valence electrons. The van der Waals surface area contributed by atoms with E-state index in [0.717, 1.165) is 0 Å². The normalized spacial score (nSPS) is 10.5. The third kappa shape index (κ3) is 3.04. The molecule has 0 spiro atoms. The summed E-state index contributed by atoms with van der Waals surface area (Å²) in [5.74, 6) is -0.375. The Morgan fingerprint density at radius 2 is 1.57 bits per heavy atom. The second kappa shape index (κ2) is 4.47. The second-order valence-electron chi connectivity index (χ2n) is 4.19. The fourth-order valence-electron chi connectivity index (χ4n) is 1.13. The van der Waals surface area contributed by atoms with Crippen molar-refractivity contribution in [3.8, 4) is 0 Å². The molecule has 0 aliphatic rings. The molecular formula is C11H16ClNO. The van der Waals surface area contributed by atoms with E-state index in [0.29, 0.717) is 5.56 Å². The van der Waals surface area contributed by atoms with Crippen molar-refractivity contribution >= 4 is 18.3 Å². The highest BCUT2D eigenvalue weighted by Crippen LogP contribution is 2.21. The highest BCUT2D eigenvalue weighted by Gasteiger charge is 2.13. The van der Waals surface area contributed by atoms with E-state index >= 15 is 0 Å². The summed E-state index contributed by atoms with van der Waals surface area (Å²) in [5.41, 5.74) is 7.02. The largest absolute Gasteiger partial charge is 0.366 e. The topological polar surface area (TPSA) is 43.1 Å². The number of amides is 1. The zero-order valence-electron chi connectivity index (χ0n) is 8.70. The summed E-state index contributed by atoms with van der Waals surface area (Å²) in [4.78, 5) is 10.8. The second-order valence-corrected chi connectivity index (χ2v) is 4.19. The van der Waals surface area contributed by atoms with Gasteiger partial charge in [0.1, 0.15) is 0 Å². The van der Waals surface area contributed by atoms with Gasteiger partial charge in [-0.15, -0.1) is 12.4 Å². The summed E-state index contributed by atoms with van der Waals surface area (Å²) in [5, 5.41) is 0. The number of hydrogen-bond acceptors (Lipinski definition) is 1. The summed E-state index contributed by atoms with van der Waals surface area (Å²) in [6, 6.07) is 7.42. The minimum atomic E-state index is -0.375. The van der Waals surface area contributed by atoms with Crippen LogP contribution in [0.15, 0.2) is 24.3 Å². The quantitative estimate of drug-likeness (QED) is 0.766. The lowest BCUT2D eigenvalue weighted by atomic mass is 9.87. The van der Waals surface area contributed by atoms with Crippen LogP contribution in [-0.2, 0) is 5.41 Å². The van der Waals surface area contributed by atoms with Gasteiger partial charge in [0.15, 0.2) is 0 Å². The van der Waals surface area contributed by atoms with E-state index < -0.39 is 0 Å². The van der Waals surface area contributed by atoms with E-state index in [4.69, 9.17) is 5.73 Å². The molecule has 1 rings (SSSR count). The molecule has 0 fully saturated rings. The smallest absolute Gasteiger partial charge is 0.248 e. The zero-order chi connectivity index (χ0) is 10.1. The molecule has 0 saturated heterocycles. The average Bonchev–Trinajstić information content (AvgIpc) is 2.03. The first kappa shape index (κ1) is 13.0. The molecule has 1 aromatic rings. The third-order valence-electron chi connectivity index (χ3n) is 2.04. The number of carbonyl (C=O) groups excluding carboxylic acids is 1. The lowest BCUT2D eigenvalue weighted by Crippen LogP contribution is -2.13. The molecule has 0 aliphatic carbocycles. The number of hydrogen-bond donors (Lipinski definition) is 1. The highest BCUT2D eigenvalue weighted by molar-refractivity contribution is 5.92. The Kier molecular flexibility index (Phi) is 4.14. The van der Waals surface area contributed by atoms with Gasteiger partial charge >= 0.3 is 0 Å². The first-order valence-corrected chi connectivity index (χ1v) is 4.31. The van der Waals surface area contributed by atoms with E-state index in [9.17, 15) is 4.79 Å². The summed E-state index contributed by atoms with van der Waals surface area (Å²) in [7, 11) is 0. The summed E-state index contributed by atoms with van der Waals surface area (Å²) < 4.78 is 0. The number of benzene rings is 1. The van der Waals surface area contributed by atoms with Crippen LogP contribution in [-0.4, -0.2) is 5.91 Å². The molecule has 1 amide bonds. The Bertz CT molecular complexity index is 311. The van der Waals surface area contributed by atoms with Crippen LogP contribution in [0.4, 0.5) is 0 Å². The molecule has 0 unspecified atom stereocenters. The van der Waals surface area contributed by atoms with Gasteiger partial charge in [-0.2, -0.15) is 0 Å². The molecule has 0 bridgehead atoms. The summed E-state index contributed by atoms with van der Waals surface area (Å²) >= 11 is 0. The minimum Gasteiger partial charge on any atom is -0.366 e. The van der Waals surface area contributed by atoms with Gasteiger partial charge < -0.3 is 5.73 Å². The maximum Gasteiger partial charge on any atom is 0.248 e. The Morgan fingerprint density at radius 1 is 1.14 bits per heavy atom. The Morgan fingerprint density at radius 3 is 1.86 bits per heavy atom. The van der Waals surface area contributed by atoms with Gasteiger partial charge in [-0.3, -0.25) is 4.79 Å². The van der Waals surface area contributed by atoms with Crippen LogP contribution in [0.3, 0.4) is 0 Å². The van der Waals surface area contributed by atoms with E-state index in [-0.39, 0.29) is 23.7 Å². The van der Waals surface area contributed by atoms with Crippen LogP contribution in [0.1, 0.15) is 36.7 Å². The van der Waals surface area contributed by atoms with Gasteiger partial charge in [0, 0.05) is 5.56 Å². The van der Waals surface area contributed by atoms with E-state index in [1.165, 1.54) is 5.56 Å². The molecule has 3 heteroatoms. The first-order chi connectivity index (χ1) is 5.91. The Labute approximate surface area is 90.9 Å². The molecule has 2 N–H and O–H groups in total. The Balaban J connectivity index is 0.00000169. The lowest BCUT2D eigenvalue weighted by molar-refractivity contribution is 0.100. The van der Waals surface area contributed by atoms with E-state index in [1.54, 1.807) is 12.1 Å². The van der Waals surface area contributed by atoms with Gasteiger partial charge in [-0.05, 0) is 23.1 Å². The fourth-order valence-corrected chi connectivity index (χ4v) is 1.13. The standard InChI is InChI=1S/C11H15NO.ClH/c1-11(2,3)9-6-4-8(5-7-9)10(12)13;/h4-7H,1-3H3,(H2,12,13);1H. The molecule has 2 nitrogen and oxygen atoms in total. The maximum absolute atomic E-state index is 10.8. The molecule has 0 radical (unpaired) electrons. The monoisotopic (exact) mass is 213 g/mol. The highest BCUT2D eigenvalue weighted by atomic mass is 35.5. The van der Waals surface area contributed by atoms with Crippen molar-refractivity contribution in [3.63, 3.8) is 0 Å². The van der Waals surface area contributed by atoms with Crippen LogP contribution in [0, 0.1) is 0 Å². The summed E-state index contributed by atoms with van der Waals surface area (Å²) in [6.07, 6.45) is 0. The molecule has 0 saturated carbocycles. The van der Waals surface area contributed by atoms with Crippen LogP contribution < -0.4 is 5.73 Å². The van der Waals surface area contributed by atoms with Crippen molar-refractivity contribution in [2.75, 3.05) is 0 Å². The number of rotatable bonds is 1. The van der Waals surface area contributed by atoms with Crippen molar-refractivity contribution in [1.82, 2.24) is 0 Å². The molecule has 14 heavy (non-hydrogen) atoms. The van der Waals surface area contributed by atoms with Crippen LogP contribution in [0.25, 0.3) is 0 Å². The zero-order valence-corrected chi connectivity index (χ0v) is 9.52. The first-order valence-electron chi connectivity index (χ1n) is 4.31. The Hall–Kier alpha value is -1.02. The van der Waals surface area contributed by atoms with Gasteiger partial charge in [0.2, 0.25) is 5.91 Å². The van der Waals surface area contributed by atoms with Crippen molar-refractivity contribution in [2.45, 2.75) is 26.2 Å². The van der Waals surface area contributed by atoms with Crippen molar-refractivity contribution in [3.05, 3.63) is 35.4 Å². The predicted molar refractivity (Wildman–Crippen MR) is 60.9 cm³/mol. The molecule has 0 heterocycles. The lowest BCUT2D eigenvalue weighted by Gasteiger charge is -2.18. The number of halogens is 1. The average molecular weight is 214 g/mol. The molecular weight excluding hydrogens is 198 g/mol. The van der Waals surface area contributed by atoms with Gasteiger partial charge in [0.05, 0.1) is 0 Å². The van der Waals surface area contributed by atoms with E-state index in [2.05, 4.69) is 20.8 Å². The summed E-state index contributed by atoms with van der Waals surface area (Å²) in [6.45, 7) is 6.39. The third-order valence-corrected chi connectivity index (χ3v) is 2.04. The van der Waals surface area contributed by atoms with Gasteiger partial charge in [-0.1, -0.05) is 32.9 Å². The molecule has 1 aromatic carbocycles.